The van der Waals surface area contributed by atoms with Crippen LogP contribution in [0.4, 0.5) is 5.69 Å². The Bertz CT molecular complexity index is 895. The molecule has 0 atom stereocenters. The number of anilines is 1. The van der Waals surface area contributed by atoms with E-state index in [2.05, 4.69) is 41.1 Å². The normalized spacial score (nSPS) is 14.5. The number of aromatic nitrogens is 2. The van der Waals surface area contributed by atoms with Gasteiger partial charge in [0.15, 0.2) is 0 Å². The number of carbonyl (C=O) groups is 1. The molecule has 4 rings (SSSR count). The molecule has 1 aromatic heterocycles. The molecule has 1 saturated heterocycles. The molecule has 1 fully saturated rings. The zero-order valence-corrected chi connectivity index (χ0v) is 14.9. The predicted octanol–water partition coefficient (Wildman–Crippen LogP) is 3.14. The van der Waals surface area contributed by atoms with E-state index in [0.29, 0.717) is 18.8 Å². The van der Waals surface area contributed by atoms with E-state index in [4.69, 9.17) is 0 Å². The highest BCUT2D eigenvalue weighted by Crippen LogP contribution is 2.21. The minimum absolute atomic E-state index is 0.0378. The Balaban J connectivity index is 1.48. The fourth-order valence-electron chi connectivity index (χ4n) is 3.48. The third-order valence-electron chi connectivity index (χ3n) is 4.92. The molecule has 2 heterocycles. The van der Waals surface area contributed by atoms with E-state index in [1.807, 2.05) is 39.8 Å². The van der Waals surface area contributed by atoms with Crippen molar-refractivity contribution in [2.75, 3.05) is 31.1 Å². The van der Waals surface area contributed by atoms with Crippen LogP contribution in [0.25, 0.3) is 5.69 Å². The molecule has 2 aromatic carbocycles. The van der Waals surface area contributed by atoms with Gasteiger partial charge in [-0.15, -0.1) is 0 Å². The number of carbonyl (C=O) groups excluding carboxylic acids is 1. The van der Waals surface area contributed by atoms with Crippen LogP contribution in [0.3, 0.4) is 0 Å². The molecular formula is C21H22N4O. The van der Waals surface area contributed by atoms with Crippen LogP contribution >= 0.6 is 0 Å². The Labute approximate surface area is 153 Å². The number of rotatable bonds is 3. The van der Waals surface area contributed by atoms with Crippen molar-refractivity contribution in [1.29, 1.82) is 0 Å². The van der Waals surface area contributed by atoms with Crippen LogP contribution in [0, 0.1) is 6.92 Å². The number of piperazine rings is 1. The molecule has 0 saturated carbocycles. The standard InChI is InChI=1S/C21H22N4O/c1-17-7-5-6-10-19(17)23-11-13-24(14-12-23)21(26)20-15-22-16-25(20)18-8-3-2-4-9-18/h2-10,15-16H,11-14H2,1H3. The van der Waals surface area contributed by atoms with Gasteiger partial charge >= 0.3 is 0 Å². The van der Waals surface area contributed by atoms with Gasteiger partial charge in [-0.05, 0) is 30.7 Å². The highest BCUT2D eigenvalue weighted by Gasteiger charge is 2.25. The Kier molecular flexibility index (Phi) is 4.44. The van der Waals surface area contributed by atoms with Crippen LogP contribution in [-0.2, 0) is 0 Å². The van der Waals surface area contributed by atoms with E-state index >= 15 is 0 Å². The summed E-state index contributed by atoms with van der Waals surface area (Å²) in [7, 11) is 0. The number of para-hydroxylation sites is 2. The Morgan fingerprint density at radius 1 is 0.923 bits per heavy atom. The van der Waals surface area contributed by atoms with E-state index in [9.17, 15) is 4.79 Å². The maximum absolute atomic E-state index is 13.0. The van der Waals surface area contributed by atoms with Crippen LogP contribution < -0.4 is 4.90 Å². The molecular weight excluding hydrogens is 324 g/mol. The zero-order chi connectivity index (χ0) is 17.9. The predicted molar refractivity (Wildman–Crippen MR) is 103 cm³/mol. The molecule has 132 valence electrons. The van der Waals surface area contributed by atoms with Crippen LogP contribution in [0.1, 0.15) is 16.1 Å². The first-order valence-electron chi connectivity index (χ1n) is 8.91. The smallest absolute Gasteiger partial charge is 0.272 e. The van der Waals surface area contributed by atoms with E-state index in [0.717, 1.165) is 18.8 Å². The highest BCUT2D eigenvalue weighted by molar-refractivity contribution is 5.93. The molecule has 1 aliphatic rings. The Hall–Kier alpha value is -3.08. The maximum Gasteiger partial charge on any atom is 0.272 e. The molecule has 3 aromatic rings. The monoisotopic (exact) mass is 346 g/mol. The van der Waals surface area contributed by atoms with Crippen molar-refractivity contribution < 1.29 is 4.79 Å². The van der Waals surface area contributed by atoms with Crippen LogP contribution in [0.15, 0.2) is 67.1 Å². The molecule has 0 unspecified atom stereocenters. The third-order valence-corrected chi connectivity index (χ3v) is 4.92. The summed E-state index contributed by atoms with van der Waals surface area (Å²) in [6.07, 6.45) is 3.36. The average molecular weight is 346 g/mol. The topological polar surface area (TPSA) is 41.4 Å². The fourth-order valence-corrected chi connectivity index (χ4v) is 3.48. The molecule has 0 radical (unpaired) electrons. The van der Waals surface area contributed by atoms with Gasteiger partial charge in [-0.3, -0.25) is 9.36 Å². The molecule has 26 heavy (non-hydrogen) atoms. The third kappa shape index (κ3) is 3.08. The molecule has 1 aliphatic heterocycles. The number of imidazole rings is 1. The van der Waals surface area contributed by atoms with Gasteiger partial charge in [0, 0.05) is 37.6 Å². The van der Waals surface area contributed by atoms with Crippen LogP contribution in [0.2, 0.25) is 0 Å². The molecule has 0 aliphatic carbocycles. The van der Waals surface area contributed by atoms with Gasteiger partial charge in [0.1, 0.15) is 5.69 Å². The minimum atomic E-state index is 0.0378. The van der Waals surface area contributed by atoms with Gasteiger partial charge in [0.25, 0.3) is 5.91 Å². The molecule has 5 heteroatoms. The van der Waals surface area contributed by atoms with Gasteiger partial charge < -0.3 is 9.80 Å². The summed E-state index contributed by atoms with van der Waals surface area (Å²) in [6, 6.07) is 18.3. The van der Waals surface area contributed by atoms with Gasteiger partial charge in [0.2, 0.25) is 0 Å². The number of benzene rings is 2. The van der Waals surface area contributed by atoms with E-state index in [-0.39, 0.29) is 5.91 Å². The van der Waals surface area contributed by atoms with Crippen LogP contribution in [0.5, 0.6) is 0 Å². The second kappa shape index (κ2) is 7.04. The molecule has 0 N–H and O–H groups in total. The van der Waals surface area contributed by atoms with Gasteiger partial charge in [-0.1, -0.05) is 36.4 Å². The van der Waals surface area contributed by atoms with Gasteiger partial charge in [0.05, 0.1) is 12.5 Å². The van der Waals surface area contributed by atoms with Crippen molar-refractivity contribution >= 4 is 11.6 Å². The SMILES string of the molecule is Cc1ccccc1N1CCN(C(=O)c2cncn2-c2ccccc2)CC1. The lowest BCUT2D eigenvalue weighted by atomic mass is 10.1. The van der Waals surface area contributed by atoms with Crippen molar-refractivity contribution in [3.63, 3.8) is 0 Å². The summed E-state index contributed by atoms with van der Waals surface area (Å²) >= 11 is 0. The Morgan fingerprint density at radius 3 is 2.35 bits per heavy atom. The fraction of sp³-hybridized carbons (Fsp3) is 0.238. The van der Waals surface area contributed by atoms with Gasteiger partial charge in [-0.2, -0.15) is 0 Å². The lowest BCUT2D eigenvalue weighted by Gasteiger charge is -2.36. The molecule has 0 spiro atoms. The number of aryl methyl sites for hydroxylation is 1. The zero-order valence-electron chi connectivity index (χ0n) is 14.9. The first-order valence-corrected chi connectivity index (χ1v) is 8.91. The maximum atomic E-state index is 13.0. The van der Waals surface area contributed by atoms with Crippen molar-refractivity contribution in [3.8, 4) is 5.69 Å². The lowest BCUT2D eigenvalue weighted by Crippen LogP contribution is -2.49. The van der Waals surface area contributed by atoms with E-state index < -0.39 is 0 Å². The summed E-state index contributed by atoms with van der Waals surface area (Å²) in [5.74, 6) is 0.0378. The first kappa shape index (κ1) is 16.4. The lowest BCUT2D eigenvalue weighted by molar-refractivity contribution is 0.0738. The number of nitrogens with zero attached hydrogens (tertiary/aromatic N) is 4. The quantitative estimate of drug-likeness (QED) is 0.732. The summed E-state index contributed by atoms with van der Waals surface area (Å²) in [4.78, 5) is 21.5. The van der Waals surface area contributed by atoms with E-state index in [1.165, 1.54) is 11.3 Å². The summed E-state index contributed by atoms with van der Waals surface area (Å²) in [6.45, 7) is 5.25. The van der Waals surface area contributed by atoms with Crippen molar-refractivity contribution in [1.82, 2.24) is 14.5 Å². The summed E-state index contributed by atoms with van der Waals surface area (Å²) in [5.41, 5.74) is 4.09. The average Bonchev–Trinajstić information content (AvgIpc) is 3.18. The largest absolute Gasteiger partial charge is 0.368 e. The number of hydrogen-bond acceptors (Lipinski definition) is 3. The molecule has 5 nitrogen and oxygen atoms in total. The molecule has 1 amide bonds. The Morgan fingerprint density at radius 2 is 1.62 bits per heavy atom. The second-order valence-corrected chi connectivity index (χ2v) is 6.55. The molecule has 0 bridgehead atoms. The highest BCUT2D eigenvalue weighted by atomic mass is 16.2. The van der Waals surface area contributed by atoms with Crippen molar-refractivity contribution in [2.45, 2.75) is 6.92 Å². The first-order chi connectivity index (χ1) is 12.7. The summed E-state index contributed by atoms with van der Waals surface area (Å²) < 4.78 is 1.86. The number of hydrogen-bond donors (Lipinski definition) is 0. The van der Waals surface area contributed by atoms with Crippen LogP contribution in [-0.4, -0.2) is 46.5 Å². The van der Waals surface area contributed by atoms with Gasteiger partial charge in [-0.25, -0.2) is 4.98 Å². The number of amides is 1. The van der Waals surface area contributed by atoms with Crippen molar-refractivity contribution in [3.05, 3.63) is 78.4 Å². The second-order valence-electron chi connectivity index (χ2n) is 6.55. The van der Waals surface area contributed by atoms with Crippen molar-refractivity contribution in [2.24, 2.45) is 0 Å². The van der Waals surface area contributed by atoms with E-state index in [1.54, 1.807) is 12.5 Å². The summed E-state index contributed by atoms with van der Waals surface area (Å²) in [5, 5.41) is 0. The minimum Gasteiger partial charge on any atom is -0.368 e.